The van der Waals surface area contributed by atoms with E-state index >= 15 is 0 Å². The van der Waals surface area contributed by atoms with Crippen LogP contribution in [-0.4, -0.2) is 42.9 Å². The molecule has 3 rings (SSSR count). The number of allylic oxidation sites excluding steroid dienone is 1. The summed E-state index contributed by atoms with van der Waals surface area (Å²) in [5.41, 5.74) is 7.58. The third-order valence-electron chi connectivity index (χ3n) is 5.01. The van der Waals surface area contributed by atoms with Crippen LogP contribution in [0.3, 0.4) is 0 Å². The molecule has 8 heteroatoms. The fraction of sp³-hybridized carbons (Fsp3) is 0.286. The Hall–Kier alpha value is -2.55. The van der Waals surface area contributed by atoms with E-state index in [0.717, 1.165) is 27.7 Å². The summed E-state index contributed by atoms with van der Waals surface area (Å²) >= 11 is 0. The normalized spacial score (nSPS) is 12.8. The Bertz CT molecular complexity index is 1150. The third-order valence-corrected chi connectivity index (χ3v) is 6.84. The van der Waals surface area contributed by atoms with Crippen molar-refractivity contribution < 1.29 is 18.5 Å². The molecule has 0 fully saturated rings. The fourth-order valence-electron chi connectivity index (χ4n) is 3.39. The summed E-state index contributed by atoms with van der Waals surface area (Å²) in [5.74, 6) is -0.221. The Morgan fingerprint density at radius 3 is 2.55 bits per heavy atom. The van der Waals surface area contributed by atoms with E-state index in [1.165, 1.54) is 24.5 Å². The molecular formula is C21H26FN4O2S+. The van der Waals surface area contributed by atoms with Crippen LogP contribution in [0.25, 0.3) is 10.9 Å². The minimum atomic E-state index is -3.46. The van der Waals surface area contributed by atoms with Gasteiger partial charge in [-0.05, 0) is 42.7 Å². The summed E-state index contributed by atoms with van der Waals surface area (Å²) in [6, 6.07) is 8.76. The molecule has 0 saturated heterocycles. The molecule has 3 aromatic rings. The molecule has 154 valence electrons. The summed E-state index contributed by atoms with van der Waals surface area (Å²) in [7, 11) is -0.437. The van der Waals surface area contributed by atoms with E-state index < -0.39 is 10.0 Å². The van der Waals surface area contributed by atoms with E-state index in [1.807, 2.05) is 29.7 Å². The molecule has 2 heterocycles. The molecule has 0 atom stereocenters. The van der Waals surface area contributed by atoms with Crippen LogP contribution in [-0.2, 0) is 23.0 Å². The average molecular weight is 418 g/mol. The van der Waals surface area contributed by atoms with Crippen LogP contribution in [0.1, 0.15) is 16.8 Å². The summed E-state index contributed by atoms with van der Waals surface area (Å²) in [6.07, 6.45) is 5.58. The Labute approximate surface area is 170 Å². The number of fused-ring (bicyclic) bond motifs is 1. The molecule has 0 saturated carbocycles. The first-order chi connectivity index (χ1) is 13.8. The summed E-state index contributed by atoms with van der Waals surface area (Å²) in [5, 5.41) is 0.970. The molecule has 1 aromatic carbocycles. The van der Waals surface area contributed by atoms with Gasteiger partial charge in [-0.25, -0.2) is 17.1 Å². The van der Waals surface area contributed by atoms with Crippen molar-refractivity contribution in [3.8, 4) is 0 Å². The molecule has 3 N–H and O–H groups in total. The van der Waals surface area contributed by atoms with Crippen LogP contribution >= 0.6 is 0 Å². The van der Waals surface area contributed by atoms with Gasteiger partial charge in [0.05, 0.1) is 23.5 Å². The molecule has 0 radical (unpaired) electrons. The highest BCUT2D eigenvalue weighted by atomic mass is 32.2. The molecular weight excluding hydrogens is 391 g/mol. The minimum Gasteiger partial charge on any atom is -0.354 e. The second-order valence-corrected chi connectivity index (χ2v) is 9.24. The van der Waals surface area contributed by atoms with Gasteiger partial charge in [-0.1, -0.05) is 12.1 Å². The van der Waals surface area contributed by atoms with Gasteiger partial charge in [0.1, 0.15) is 5.83 Å². The molecule has 6 nitrogen and oxygen atoms in total. The Morgan fingerprint density at radius 2 is 1.93 bits per heavy atom. The Kier molecular flexibility index (Phi) is 6.16. The predicted molar refractivity (Wildman–Crippen MR) is 112 cm³/mol. The lowest BCUT2D eigenvalue weighted by atomic mass is 10.0. The standard InChI is InChI=1S/C21H25FN4O2S/c1-15-19(12-16-4-6-18(7-5-16)29(27,28)25(2)3)20-13-24-11-9-21(20)26(15)14-17(22)8-10-23/h4-9,11,13H,10,12,14,23H2,1-3H3/p+1/b17-8-. The molecule has 0 spiro atoms. The first-order valence-corrected chi connectivity index (χ1v) is 10.8. The number of quaternary nitrogens is 1. The number of halogens is 1. The van der Waals surface area contributed by atoms with Gasteiger partial charge in [-0.2, -0.15) is 0 Å². The van der Waals surface area contributed by atoms with Gasteiger partial charge in [-0.15, -0.1) is 0 Å². The minimum absolute atomic E-state index is 0.155. The smallest absolute Gasteiger partial charge is 0.242 e. The zero-order valence-corrected chi connectivity index (χ0v) is 17.7. The SMILES string of the molecule is Cc1c(Cc2ccc(S(=O)(=O)N(C)C)cc2)c2cnccc2n1C/C(F)=C/C[NH3+]. The summed E-state index contributed by atoms with van der Waals surface area (Å²) in [4.78, 5) is 4.49. The van der Waals surface area contributed by atoms with Gasteiger partial charge in [-0.3, -0.25) is 4.98 Å². The first-order valence-electron chi connectivity index (χ1n) is 9.32. The van der Waals surface area contributed by atoms with E-state index in [2.05, 4.69) is 10.7 Å². The van der Waals surface area contributed by atoms with Gasteiger partial charge in [0.15, 0.2) is 0 Å². The van der Waals surface area contributed by atoms with Crippen LogP contribution in [0, 0.1) is 6.92 Å². The second kappa shape index (κ2) is 8.44. The first kappa shape index (κ1) is 21.2. The van der Waals surface area contributed by atoms with E-state index in [-0.39, 0.29) is 17.3 Å². The number of hydrogen-bond acceptors (Lipinski definition) is 3. The van der Waals surface area contributed by atoms with Crippen LogP contribution < -0.4 is 5.73 Å². The van der Waals surface area contributed by atoms with Crippen LogP contribution in [0.15, 0.2) is 59.5 Å². The number of rotatable bonds is 7. The van der Waals surface area contributed by atoms with Gasteiger partial charge in [0.25, 0.3) is 0 Å². The van der Waals surface area contributed by atoms with Crippen molar-refractivity contribution in [3.05, 3.63) is 71.4 Å². The van der Waals surface area contributed by atoms with Crippen molar-refractivity contribution in [2.75, 3.05) is 20.6 Å². The number of hydrogen-bond donors (Lipinski definition) is 1. The lowest BCUT2D eigenvalue weighted by Crippen LogP contribution is -2.49. The highest BCUT2D eigenvalue weighted by Crippen LogP contribution is 2.28. The highest BCUT2D eigenvalue weighted by Gasteiger charge is 2.18. The number of pyridine rings is 1. The summed E-state index contributed by atoms with van der Waals surface area (Å²) < 4.78 is 41.8. The fourth-order valence-corrected chi connectivity index (χ4v) is 4.29. The largest absolute Gasteiger partial charge is 0.354 e. The monoisotopic (exact) mass is 417 g/mol. The maximum absolute atomic E-state index is 14.2. The lowest BCUT2D eigenvalue weighted by Gasteiger charge is -2.12. The Balaban J connectivity index is 1.99. The number of benzene rings is 1. The van der Waals surface area contributed by atoms with Crippen molar-refractivity contribution in [1.29, 1.82) is 0 Å². The third kappa shape index (κ3) is 4.24. The van der Waals surface area contributed by atoms with Crippen molar-refractivity contribution in [2.24, 2.45) is 0 Å². The zero-order chi connectivity index (χ0) is 21.2. The Morgan fingerprint density at radius 1 is 1.24 bits per heavy atom. The van der Waals surface area contributed by atoms with E-state index in [9.17, 15) is 12.8 Å². The predicted octanol–water partition coefficient (Wildman–Crippen LogP) is 2.28. The average Bonchev–Trinajstić information content (AvgIpc) is 2.94. The van der Waals surface area contributed by atoms with Crippen LogP contribution in [0.2, 0.25) is 0 Å². The highest BCUT2D eigenvalue weighted by molar-refractivity contribution is 7.89. The van der Waals surface area contributed by atoms with Gasteiger partial charge >= 0.3 is 0 Å². The van der Waals surface area contributed by atoms with Crippen molar-refractivity contribution >= 4 is 20.9 Å². The molecule has 29 heavy (non-hydrogen) atoms. The molecule has 2 aromatic heterocycles. The van der Waals surface area contributed by atoms with Crippen LogP contribution in [0.5, 0.6) is 0 Å². The topological polar surface area (TPSA) is 82.8 Å². The van der Waals surface area contributed by atoms with Crippen molar-refractivity contribution in [1.82, 2.24) is 13.9 Å². The van der Waals surface area contributed by atoms with Crippen molar-refractivity contribution in [3.63, 3.8) is 0 Å². The second-order valence-electron chi connectivity index (χ2n) is 7.09. The van der Waals surface area contributed by atoms with E-state index in [1.54, 1.807) is 24.5 Å². The zero-order valence-electron chi connectivity index (χ0n) is 16.9. The molecule has 0 aliphatic carbocycles. The maximum atomic E-state index is 14.2. The summed E-state index contributed by atoms with van der Waals surface area (Å²) in [6.45, 7) is 2.53. The maximum Gasteiger partial charge on any atom is 0.242 e. The van der Waals surface area contributed by atoms with Gasteiger partial charge < -0.3 is 10.3 Å². The van der Waals surface area contributed by atoms with E-state index in [0.29, 0.717) is 13.0 Å². The van der Waals surface area contributed by atoms with Crippen LogP contribution in [0.4, 0.5) is 4.39 Å². The molecule has 0 aliphatic rings. The molecule has 0 bridgehead atoms. The molecule has 0 amide bonds. The van der Waals surface area contributed by atoms with E-state index in [4.69, 9.17) is 0 Å². The van der Waals surface area contributed by atoms with Gasteiger partial charge in [0.2, 0.25) is 10.0 Å². The number of nitrogens with zero attached hydrogens (tertiary/aromatic N) is 3. The van der Waals surface area contributed by atoms with Crippen molar-refractivity contribution in [2.45, 2.75) is 24.8 Å². The number of sulfonamides is 1. The van der Waals surface area contributed by atoms with Gasteiger partial charge in [0, 0.05) is 43.6 Å². The number of aromatic nitrogens is 2. The molecule has 0 aliphatic heterocycles. The lowest BCUT2D eigenvalue weighted by molar-refractivity contribution is -0.353. The molecule has 0 unspecified atom stereocenters. The quantitative estimate of drug-likeness (QED) is 0.640.